The van der Waals surface area contributed by atoms with E-state index in [4.69, 9.17) is 9.47 Å². The van der Waals surface area contributed by atoms with Crippen molar-refractivity contribution in [1.82, 2.24) is 15.1 Å². The molecule has 2 N–H and O–H groups in total. The average Bonchev–Trinajstić information content (AvgIpc) is 2.73. The number of hydrogen-bond acceptors (Lipinski definition) is 6. The molecule has 3 aromatic rings. The van der Waals surface area contributed by atoms with E-state index in [1.807, 2.05) is 0 Å². The Hall–Kier alpha value is -3.39. The number of amides is 1. The van der Waals surface area contributed by atoms with Gasteiger partial charge in [-0.15, -0.1) is 0 Å². The molecule has 0 saturated heterocycles. The lowest BCUT2D eigenvalue weighted by atomic mass is 10.1. The molecule has 8 heteroatoms. The quantitative estimate of drug-likeness (QED) is 0.637. The Morgan fingerprint density at radius 2 is 2.00 bits per heavy atom. The normalized spacial score (nSPS) is 11.8. The van der Waals surface area contributed by atoms with Crippen LogP contribution < -0.4 is 20.2 Å². The maximum absolute atomic E-state index is 12.3. The largest absolute Gasteiger partial charge is 0.497 e. The maximum Gasteiger partial charge on any atom is 0.241 e. The van der Waals surface area contributed by atoms with Crippen molar-refractivity contribution in [3.8, 4) is 11.5 Å². The number of fused-ring (bicyclic) bond motifs is 1. The summed E-state index contributed by atoms with van der Waals surface area (Å²) in [6.45, 7) is -0.0940. The van der Waals surface area contributed by atoms with Crippen molar-refractivity contribution in [3.05, 3.63) is 64.4 Å². The molecule has 28 heavy (non-hydrogen) atoms. The fraction of sp³-hybridized carbons (Fsp3) is 0.250. The molecular formula is C20H21N3O5. The van der Waals surface area contributed by atoms with Crippen LogP contribution in [0.5, 0.6) is 11.5 Å². The number of benzene rings is 2. The number of hydrogen-bond donors (Lipinski definition) is 2. The lowest BCUT2D eigenvalue weighted by Gasteiger charge is -2.17. The number of aliphatic hydroxyl groups is 1. The van der Waals surface area contributed by atoms with Crippen LogP contribution in [0, 0.1) is 0 Å². The molecule has 146 valence electrons. The van der Waals surface area contributed by atoms with Crippen molar-refractivity contribution in [3.63, 3.8) is 0 Å². The van der Waals surface area contributed by atoms with Gasteiger partial charge in [-0.25, -0.2) is 0 Å². The van der Waals surface area contributed by atoms with Gasteiger partial charge in [-0.2, -0.15) is 5.10 Å². The molecule has 1 atom stereocenters. The standard InChI is InChI=1S/C20H21N3O5/c1-27-13-7-8-19(28-2)15(9-13)17(24)10-21-20(26)12-23-16-6-4-3-5-14(16)18(25)11-22-23/h3-9,11,17,24H,10,12H2,1-2H3,(H,21,26). The number of methoxy groups -OCH3 is 2. The molecule has 0 aliphatic heterocycles. The molecule has 0 spiro atoms. The fourth-order valence-electron chi connectivity index (χ4n) is 2.90. The second-order valence-electron chi connectivity index (χ2n) is 6.11. The fourth-order valence-corrected chi connectivity index (χ4v) is 2.90. The molecule has 8 nitrogen and oxygen atoms in total. The number of carbonyl (C=O) groups excluding carboxylic acids is 1. The predicted octanol–water partition coefficient (Wildman–Crippen LogP) is 1.26. The van der Waals surface area contributed by atoms with Gasteiger partial charge in [0.25, 0.3) is 0 Å². The predicted molar refractivity (Wildman–Crippen MR) is 104 cm³/mol. The first-order chi connectivity index (χ1) is 13.5. The summed E-state index contributed by atoms with van der Waals surface area (Å²) in [5.41, 5.74) is 0.877. The van der Waals surface area contributed by atoms with Gasteiger partial charge < -0.3 is 19.9 Å². The minimum Gasteiger partial charge on any atom is -0.497 e. The zero-order valence-corrected chi connectivity index (χ0v) is 15.6. The summed E-state index contributed by atoms with van der Waals surface area (Å²) < 4.78 is 11.9. The summed E-state index contributed by atoms with van der Waals surface area (Å²) in [4.78, 5) is 24.2. The molecule has 1 aromatic heterocycles. The Labute approximate surface area is 161 Å². The van der Waals surface area contributed by atoms with E-state index in [0.717, 1.165) is 0 Å². The molecule has 1 amide bonds. The number of aromatic nitrogens is 2. The molecule has 0 fully saturated rings. The highest BCUT2D eigenvalue weighted by Gasteiger charge is 2.16. The Morgan fingerprint density at radius 3 is 2.75 bits per heavy atom. The maximum atomic E-state index is 12.3. The first kappa shape index (κ1) is 19.4. The van der Waals surface area contributed by atoms with Crippen LogP contribution in [0.15, 0.2) is 53.5 Å². The second kappa shape index (κ2) is 8.53. The van der Waals surface area contributed by atoms with Gasteiger partial charge in [0.1, 0.15) is 18.0 Å². The minimum absolute atomic E-state index is 0.0134. The Balaban J connectivity index is 1.70. The van der Waals surface area contributed by atoms with Crippen LogP contribution in [0.3, 0.4) is 0 Å². The van der Waals surface area contributed by atoms with Gasteiger partial charge in [-0.3, -0.25) is 14.3 Å². The Morgan fingerprint density at radius 1 is 1.21 bits per heavy atom. The molecular weight excluding hydrogens is 362 g/mol. The topological polar surface area (TPSA) is 103 Å². The van der Waals surface area contributed by atoms with Gasteiger partial charge in [0.2, 0.25) is 11.3 Å². The third kappa shape index (κ3) is 4.12. The van der Waals surface area contributed by atoms with Gasteiger partial charge in [0, 0.05) is 17.5 Å². The number of para-hydroxylation sites is 1. The summed E-state index contributed by atoms with van der Waals surface area (Å²) >= 11 is 0. The van der Waals surface area contributed by atoms with Gasteiger partial charge in [0.05, 0.1) is 32.0 Å². The molecule has 0 aliphatic rings. The molecule has 2 aromatic carbocycles. The van der Waals surface area contributed by atoms with Gasteiger partial charge >= 0.3 is 0 Å². The first-order valence-electron chi connectivity index (χ1n) is 8.65. The molecule has 0 radical (unpaired) electrons. The van der Waals surface area contributed by atoms with Crippen LogP contribution in [0.1, 0.15) is 11.7 Å². The van der Waals surface area contributed by atoms with E-state index in [-0.39, 0.29) is 24.4 Å². The van der Waals surface area contributed by atoms with Crippen molar-refractivity contribution in [2.24, 2.45) is 0 Å². The highest BCUT2D eigenvalue weighted by atomic mass is 16.5. The summed E-state index contributed by atoms with van der Waals surface area (Å²) in [5, 5.41) is 17.7. The van der Waals surface area contributed by atoms with Crippen molar-refractivity contribution < 1.29 is 19.4 Å². The number of carbonyl (C=O) groups is 1. The number of aliphatic hydroxyl groups excluding tert-OH is 1. The van der Waals surface area contributed by atoms with Crippen LogP contribution >= 0.6 is 0 Å². The van der Waals surface area contributed by atoms with Gasteiger partial charge in [-0.05, 0) is 30.3 Å². The minimum atomic E-state index is -0.979. The summed E-state index contributed by atoms with van der Waals surface area (Å²) in [5.74, 6) is 0.725. The van der Waals surface area contributed by atoms with Gasteiger partial charge in [0.15, 0.2) is 0 Å². The van der Waals surface area contributed by atoms with E-state index in [9.17, 15) is 14.7 Å². The number of nitrogens with zero attached hydrogens (tertiary/aromatic N) is 2. The SMILES string of the molecule is COc1ccc(OC)c(C(O)CNC(=O)Cn2ncc(=O)c3ccccc32)c1. The lowest BCUT2D eigenvalue weighted by molar-refractivity contribution is -0.122. The molecule has 0 bridgehead atoms. The molecule has 0 saturated carbocycles. The monoisotopic (exact) mass is 383 g/mol. The Kier molecular flexibility index (Phi) is 5.90. The van der Waals surface area contributed by atoms with E-state index in [0.29, 0.717) is 28.0 Å². The van der Waals surface area contributed by atoms with Crippen LogP contribution in [-0.2, 0) is 11.3 Å². The van der Waals surface area contributed by atoms with Crippen molar-refractivity contribution in [1.29, 1.82) is 0 Å². The lowest BCUT2D eigenvalue weighted by Crippen LogP contribution is -2.32. The van der Waals surface area contributed by atoms with E-state index in [1.165, 1.54) is 25.1 Å². The first-order valence-corrected chi connectivity index (χ1v) is 8.65. The molecule has 1 heterocycles. The highest BCUT2D eigenvalue weighted by Crippen LogP contribution is 2.29. The number of nitrogens with one attached hydrogen (secondary N) is 1. The summed E-state index contributed by atoms with van der Waals surface area (Å²) in [7, 11) is 3.03. The molecule has 3 rings (SSSR count). The second-order valence-corrected chi connectivity index (χ2v) is 6.11. The Bertz CT molecular complexity index is 1050. The third-order valence-electron chi connectivity index (χ3n) is 4.34. The van der Waals surface area contributed by atoms with Crippen LogP contribution in [0.4, 0.5) is 0 Å². The van der Waals surface area contributed by atoms with E-state index in [2.05, 4.69) is 10.4 Å². The van der Waals surface area contributed by atoms with E-state index in [1.54, 1.807) is 42.5 Å². The van der Waals surface area contributed by atoms with Crippen LogP contribution in [0.2, 0.25) is 0 Å². The van der Waals surface area contributed by atoms with Crippen molar-refractivity contribution in [2.45, 2.75) is 12.6 Å². The van der Waals surface area contributed by atoms with Crippen LogP contribution in [0.25, 0.3) is 10.9 Å². The average molecular weight is 383 g/mol. The van der Waals surface area contributed by atoms with Gasteiger partial charge in [-0.1, -0.05) is 12.1 Å². The van der Waals surface area contributed by atoms with Crippen LogP contribution in [-0.4, -0.2) is 41.6 Å². The van der Waals surface area contributed by atoms with E-state index < -0.39 is 6.10 Å². The number of rotatable bonds is 7. The summed E-state index contributed by atoms with van der Waals surface area (Å²) in [6, 6.07) is 12.0. The smallest absolute Gasteiger partial charge is 0.241 e. The summed E-state index contributed by atoms with van der Waals surface area (Å²) in [6.07, 6.45) is 0.207. The highest BCUT2D eigenvalue weighted by molar-refractivity contribution is 5.81. The van der Waals surface area contributed by atoms with Crippen molar-refractivity contribution in [2.75, 3.05) is 20.8 Å². The van der Waals surface area contributed by atoms with E-state index >= 15 is 0 Å². The zero-order valence-electron chi connectivity index (χ0n) is 15.6. The third-order valence-corrected chi connectivity index (χ3v) is 4.34. The molecule has 1 unspecified atom stereocenters. The molecule has 0 aliphatic carbocycles. The number of ether oxygens (including phenoxy) is 2. The zero-order chi connectivity index (χ0) is 20.1. The van der Waals surface area contributed by atoms with Crippen molar-refractivity contribution >= 4 is 16.8 Å².